The first-order valence-electron chi connectivity index (χ1n) is 7.35. The Morgan fingerprint density at radius 3 is 2.40 bits per heavy atom. The van der Waals surface area contributed by atoms with Gasteiger partial charge in [0.15, 0.2) is 0 Å². The van der Waals surface area contributed by atoms with Gasteiger partial charge in [-0.2, -0.15) is 5.26 Å². The predicted molar refractivity (Wildman–Crippen MR) is 76.6 cm³/mol. The molecule has 5 heteroatoms. The van der Waals surface area contributed by atoms with Crippen LogP contribution >= 0.6 is 0 Å². The van der Waals surface area contributed by atoms with E-state index >= 15 is 0 Å². The minimum absolute atomic E-state index is 0.0228. The van der Waals surface area contributed by atoms with E-state index in [4.69, 9.17) is 0 Å². The average Bonchev–Trinajstić information content (AvgIpc) is 2.45. The van der Waals surface area contributed by atoms with Gasteiger partial charge in [-0.05, 0) is 18.8 Å². The lowest BCUT2D eigenvalue weighted by molar-refractivity contribution is -0.142. The maximum atomic E-state index is 12.4. The van der Waals surface area contributed by atoms with E-state index in [9.17, 15) is 14.9 Å². The van der Waals surface area contributed by atoms with Crippen molar-refractivity contribution in [3.05, 3.63) is 0 Å². The smallest absolute Gasteiger partial charge is 0.243 e. The Labute approximate surface area is 121 Å². The number of rotatable bonds is 5. The number of hydrogen-bond donors (Lipinski definition) is 1. The van der Waals surface area contributed by atoms with Crippen molar-refractivity contribution in [3.8, 4) is 6.07 Å². The van der Waals surface area contributed by atoms with Gasteiger partial charge in [0.1, 0.15) is 5.41 Å². The van der Waals surface area contributed by atoms with Gasteiger partial charge < -0.3 is 10.2 Å². The molecular formula is C15H25N3O2. The Bertz CT molecular complexity index is 392. The van der Waals surface area contributed by atoms with Crippen LogP contribution < -0.4 is 5.32 Å². The van der Waals surface area contributed by atoms with Crippen LogP contribution in [0.1, 0.15) is 46.0 Å². The van der Waals surface area contributed by atoms with Gasteiger partial charge in [-0.25, -0.2) is 0 Å². The minimum Gasteiger partial charge on any atom is -0.354 e. The third kappa shape index (κ3) is 4.22. The number of likely N-dealkylation sites (N-methyl/N-ethyl adjacent to an activating group) is 1. The molecule has 1 aliphatic rings. The fourth-order valence-corrected chi connectivity index (χ4v) is 2.56. The highest BCUT2D eigenvalue weighted by Gasteiger charge is 2.41. The van der Waals surface area contributed by atoms with Crippen LogP contribution in [0.25, 0.3) is 0 Å². The standard InChI is InChI=1S/C15H25N3O2/c1-12(2)9-17-13(19)10-18(3)14(20)15(11-16)7-5-4-6-8-15/h12H,4-10H2,1-3H3,(H,17,19). The van der Waals surface area contributed by atoms with Crippen molar-refractivity contribution in [2.45, 2.75) is 46.0 Å². The molecule has 2 amide bonds. The molecule has 0 aromatic heterocycles. The van der Waals surface area contributed by atoms with E-state index in [1.807, 2.05) is 13.8 Å². The highest BCUT2D eigenvalue weighted by molar-refractivity contribution is 5.89. The minimum atomic E-state index is -0.911. The molecule has 0 aliphatic heterocycles. The van der Waals surface area contributed by atoms with Crippen LogP contribution in [-0.4, -0.2) is 36.9 Å². The normalized spacial score (nSPS) is 17.4. The fourth-order valence-electron chi connectivity index (χ4n) is 2.56. The highest BCUT2D eigenvalue weighted by Crippen LogP contribution is 2.37. The van der Waals surface area contributed by atoms with Gasteiger partial charge in [0, 0.05) is 13.6 Å². The summed E-state index contributed by atoms with van der Waals surface area (Å²) in [6.07, 6.45) is 4.12. The monoisotopic (exact) mass is 279 g/mol. The molecule has 5 nitrogen and oxygen atoms in total. The van der Waals surface area contributed by atoms with E-state index in [-0.39, 0.29) is 18.4 Å². The van der Waals surface area contributed by atoms with Gasteiger partial charge in [0.2, 0.25) is 11.8 Å². The number of nitriles is 1. The average molecular weight is 279 g/mol. The summed E-state index contributed by atoms with van der Waals surface area (Å²) in [6.45, 7) is 4.66. The third-order valence-corrected chi connectivity index (χ3v) is 3.77. The third-order valence-electron chi connectivity index (χ3n) is 3.77. The number of nitrogens with one attached hydrogen (secondary N) is 1. The van der Waals surface area contributed by atoms with Crippen LogP contribution in [-0.2, 0) is 9.59 Å². The van der Waals surface area contributed by atoms with E-state index in [2.05, 4.69) is 11.4 Å². The largest absolute Gasteiger partial charge is 0.354 e. The molecule has 1 rings (SSSR count). The van der Waals surface area contributed by atoms with Crippen molar-refractivity contribution in [1.29, 1.82) is 5.26 Å². The van der Waals surface area contributed by atoms with Crippen LogP contribution in [0.15, 0.2) is 0 Å². The molecule has 0 aromatic carbocycles. The second-order valence-corrected chi connectivity index (χ2v) is 6.11. The van der Waals surface area contributed by atoms with Gasteiger partial charge in [-0.1, -0.05) is 33.1 Å². The van der Waals surface area contributed by atoms with Crippen molar-refractivity contribution in [1.82, 2.24) is 10.2 Å². The van der Waals surface area contributed by atoms with Crippen molar-refractivity contribution < 1.29 is 9.59 Å². The van der Waals surface area contributed by atoms with Crippen LogP contribution in [0.4, 0.5) is 0 Å². The van der Waals surface area contributed by atoms with E-state index in [1.54, 1.807) is 7.05 Å². The van der Waals surface area contributed by atoms with Gasteiger partial charge in [0.25, 0.3) is 0 Å². The van der Waals surface area contributed by atoms with Gasteiger partial charge in [0.05, 0.1) is 12.6 Å². The summed E-state index contributed by atoms with van der Waals surface area (Å²) in [5.74, 6) is 0.00148. The zero-order valence-corrected chi connectivity index (χ0v) is 12.7. The van der Waals surface area contributed by atoms with Crippen LogP contribution in [0.2, 0.25) is 0 Å². The summed E-state index contributed by atoms with van der Waals surface area (Å²) in [6, 6.07) is 2.20. The Balaban J connectivity index is 2.57. The maximum absolute atomic E-state index is 12.4. The molecule has 1 N–H and O–H groups in total. The predicted octanol–water partition coefficient (Wildman–Crippen LogP) is 1.69. The number of nitrogens with zero attached hydrogens (tertiary/aromatic N) is 2. The van der Waals surface area contributed by atoms with E-state index < -0.39 is 5.41 Å². The first-order chi connectivity index (χ1) is 9.41. The molecule has 1 saturated carbocycles. The lowest BCUT2D eigenvalue weighted by atomic mass is 9.74. The topological polar surface area (TPSA) is 73.2 Å². The zero-order chi connectivity index (χ0) is 15.2. The molecular weight excluding hydrogens is 254 g/mol. The molecule has 112 valence electrons. The quantitative estimate of drug-likeness (QED) is 0.832. The second-order valence-electron chi connectivity index (χ2n) is 6.11. The van der Waals surface area contributed by atoms with E-state index in [0.29, 0.717) is 25.3 Å². The lowest BCUT2D eigenvalue weighted by Crippen LogP contribution is -2.46. The first kappa shape index (κ1) is 16.5. The summed E-state index contributed by atoms with van der Waals surface area (Å²) >= 11 is 0. The number of carbonyl (C=O) groups excluding carboxylic acids is 2. The number of hydrogen-bond acceptors (Lipinski definition) is 3. The Morgan fingerprint density at radius 2 is 1.90 bits per heavy atom. The van der Waals surface area contributed by atoms with Crippen molar-refractivity contribution >= 4 is 11.8 Å². The summed E-state index contributed by atoms with van der Waals surface area (Å²) in [5, 5.41) is 12.2. The van der Waals surface area contributed by atoms with Gasteiger partial charge in [-0.15, -0.1) is 0 Å². The second kappa shape index (κ2) is 7.28. The lowest BCUT2D eigenvalue weighted by Gasteiger charge is -2.32. The molecule has 1 fully saturated rings. The highest BCUT2D eigenvalue weighted by atomic mass is 16.2. The van der Waals surface area contributed by atoms with Crippen molar-refractivity contribution in [2.24, 2.45) is 11.3 Å². The van der Waals surface area contributed by atoms with Crippen molar-refractivity contribution in [3.63, 3.8) is 0 Å². The summed E-state index contributed by atoms with van der Waals surface area (Å²) in [4.78, 5) is 25.6. The van der Waals surface area contributed by atoms with Crippen LogP contribution in [0.5, 0.6) is 0 Å². The summed E-state index contributed by atoms with van der Waals surface area (Å²) < 4.78 is 0. The van der Waals surface area contributed by atoms with Gasteiger partial charge in [-0.3, -0.25) is 9.59 Å². The molecule has 0 unspecified atom stereocenters. The molecule has 20 heavy (non-hydrogen) atoms. The molecule has 0 atom stereocenters. The molecule has 0 saturated heterocycles. The molecule has 0 bridgehead atoms. The molecule has 1 aliphatic carbocycles. The Hall–Kier alpha value is -1.57. The summed E-state index contributed by atoms with van der Waals surface area (Å²) in [5.41, 5.74) is -0.911. The molecule has 0 spiro atoms. The van der Waals surface area contributed by atoms with Crippen LogP contribution in [0, 0.1) is 22.7 Å². The van der Waals surface area contributed by atoms with E-state index in [0.717, 1.165) is 19.3 Å². The number of amides is 2. The molecule has 0 radical (unpaired) electrons. The Morgan fingerprint density at radius 1 is 1.30 bits per heavy atom. The molecule has 0 aromatic rings. The van der Waals surface area contributed by atoms with E-state index in [1.165, 1.54) is 4.90 Å². The zero-order valence-electron chi connectivity index (χ0n) is 12.7. The maximum Gasteiger partial charge on any atom is 0.243 e. The summed E-state index contributed by atoms with van der Waals surface area (Å²) in [7, 11) is 1.60. The fraction of sp³-hybridized carbons (Fsp3) is 0.800. The SMILES string of the molecule is CC(C)CNC(=O)CN(C)C(=O)C1(C#N)CCCCC1. The van der Waals surface area contributed by atoms with Gasteiger partial charge >= 0.3 is 0 Å². The van der Waals surface area contributed by atoms with Crippen LogP contribution in [0.3, 0.4) is 0 Å². The first-order valence-corrected chi connectivity index (χ1v) is 7.35. The van der Waals surface area contributed by atoms with Crippen molar-refractivity contribution in [2.75, 3.05) is 20.1 Å². The Kier molecular flexibility index (Phi) is 6.00. The number of carbonyl (C=O) groups is 2. The molecule has 0 heterocycles.